The standard InChI is InChI=1S/C23H27ClN2O3/c1-6-15(7-2)16-11-14(4)26-20(12-16)21(23(27)29-8-3)22(25-26)18-10-9-17(28-5)13-19(18)24/h9-13,15H,6-8H2,1-5H3. The summed E-state index contributed by atoms with van der Waals surface area (Å²) in [5, 5.41) is 5.21. The van der Waals surface area contributed by atoms with Gasteiger partial charge in [-0.15, -0.1) is 0 Å². The van der Waals surface area contributed by atoms with Gasteiger partial charge in [0.15, 0.2) is 0 Å². The topological polar surface area (TPSA) is 52.8 Å². The average Bonchev–Trinajstić information content (AvgIpc) is 3.09. The highest BCUT2D eigenvalue weighted by Gasteiger charge is 2.25. The SMILES string of the molecule is CCOC(=O)c1c(-c2ccc(OC)cc2Cl)nn2c(C)cc(C(CC)CC)cc12. The molecule has 1 aromatic carbocycles. The van der Waals surface area contributed by atoms with Gasteiger partial charge in [0, 0.05) is 11.3 Å². The van der Waals surface area contributed by atoms with Gasteiger partial charge in [-0.1, -0.05) is 25.4 Å². The van der Waals surface area contributed by atoms with E-state index in [4.69, 9.17) is 26.2 Å². The van der Waals surface area contributed by atoms with Gasteiger partial charge in [-0.25, -0.2) is 9.31 Å². The molecule has 0 aliphatic rings. The molecule has 0 radical (unpaired) electrons. The van der Waals surface area contributed by atoms with E-state index < -0.39 is 5.97 Å². The summed E-state index contributed by atoms with van der Waals surface area (Å²) in [7, 11) is 1.59. The molecule has 0 aliphatic carbocycles. The Bertz CT molecular complexity index is 1040. The molecule has 2 aromatic heterocycles. The highest BCUT2D eigenvalue weighted by molar-refractivity contribution is 6.33. The van der Waals surface area contributed by atoms with E-state index in [1.807, 2.05) is 19.1 Å². The quantitative estimate of drug-likeness (QED) is 0.441. The van der Waals surface area contributed by atoms with Crippen molar-refractivity contribution in [2.75, 3.05) is 13.7 Å². The van der Waals surface area contributed by atoms with Crippen LogP contribution in [0.3, 0.4) is 0 Å². The second-order valence-electron chi connectivity index (χ2n) is 7.03. The molecular weight excluding hydrogens is 388 g/mol. The maximum absolute atomic E-state index is 12.9. The summed E-state index contributed by atoms with van der Waals surface area (Å²) in [4.78, 5) is 12.9. The second-order valence-corrected chi connectivity index (χ2v) is 7.44. The zero-order valence-corrected chi connectivity index (χ0v) is 18.3. The summed E-state index contributed by atoms with van der Waals surface area (Å²) in [5.74, 6) is 0.676. The predicted octanol–water partition coefficient (Wildman–Crippen LogP) is 6.05. The van der Waals surface area contributed by atoms with Gasteiger partial charge in [0.2, 0.25) is 0 Å². The van der Waals surface area contributed by atoms with Gasteiger partial charge in [0.25, 0.3) is 0 Å². The molecule has 0 atom stereocenters. The number of esters is 1. The number of nitrogens with zero attached hydrogens (tertiary/aromatic N) is 2. The predicted molar refractivity (Wildman–Crippen MR) is 116 cm³/mol. The number of halogens is 1. The zero-order valence-electron chi connectivity index (χ0n) is 17.6. The Labute approximate surface area is 176 Å². The normalized spacial score (nSPS) is 11.3. The fraction of sp³-hybridized carbons (Fsp3) is 0.391. The van der Waals surface area contributed by atoms with Crippen LogP contribution in [0.2, 0.25) is 5.02 Å². The van der Waals surface area contributed by atoms with E-state index in [1.165, 1.54) is 5.56 Å². The van der Waals surface area contributed by atoms with E-state index >= 15 is 0 Å². The number of rotatable bonds is 7. The van der Waals surface area contributed by atoms with Crippen LogP contribution < -0.4 is 4.74 Å². The van der Waals surface area contributed by atoms with Crippen molar-refractivity contribution in [3.63, 3.8) is 0 Å². The number of fused-ring (bicyclic) bond motifs is 1. The van der Waals surface area contributed by atoms with E-state index in [9.17, 15) is 4.79 Å². The Morgan fingerprint density at radius 3 is 2.48 bits per heavy atom. The monoisotopic (exact) mass is 414 g/mol. The Kier molecular flexibility index (Phi) is 6.48. The average molecular weight is 415 g/mol. The first-order valence-corrected chi connectivity index (χ1v) is 10.4. The van der Waals surface area contributed by atoms with Crippen LogP contribution in [0.4, 0.5) is 0 Å². The molecule has 2 heterocycles. The van der Waals surface area contributed by atoms with Crippen molar-refractivity contribution in [1.82, 2.24) is 9.61 Å². The summed E-state index contributed by atoms with van der Waals surface area (Å²) in [6, 6.07) is 9.56. The van der Waals surface area contributed by atoms with Gasteiger partial charge < -0.3 is 9.47 Å². The van der Waals surface area contributed by atoms with Gasteiger partial charge in [0.05, 0.1) is 24.3 Å². The Balaban J connectivity index is 2.31. The minimum absolute atomic E-state index is 0.289. The number of carbonyl (C=O) groups is 1. The van der Waals surface area contributed by atoms with Crippen LogP contribution >= 0.6 is 11.6 Å². The number of carbonyl (C=O) groups excluding carboxylic acids is 1. The minimum Gasteiger partial charge on any atom is -0.497 e. The summed E-state index contributed by atoms with van der Waals surface area (Å²) in [6.07, 6.45) is 2.07. The van der Waals surface area contributed by atoms with Crippen LogP contribution in [0, 0.1) is 6.92 Å². The van der Waals surface area contributed by atoms with E-state index in [2.05, 4.69) is 26.0 Å². The van der Waals surface area contributed by atoms with Gasteiger partial charge in [-0.05, 0) is 68.5 Å². The van der Waals surface area contributed by atoms with E-state index in [-0.39, 0.29) is 6.61 Å². The van der Waals surface area contributed by atoms with Gasteiger partial charge in [-0.3, -0.25) is 0 Å². The summed E-state index contributed by atoms with van der Waals surface area (Å²) in [6.45, 7) is 8.44. The first-order chi connectivity index (χ1) is 13.9. The smallest absolute Gasteiger partial charge is 0.342 e. The van der Waals surface area contributed by atoms with Crippen molar-refractivity contribution in [1.29, 1.82) is 0 Å². The molecule has 0 bridgehead atoms. The van der Waals surface area contributed by atoms with Crippen LogP contribution in [-0.2, 0) is 4.74 Å². The first kappa shape index (κ1) is 21.2. The molecule has 0 aliphatic heterocycles. The number of methoxy groups -OCH3 is 1. The number of aryl methyl sites for hydroxylation is 1. The highest BCUT2D eigenvalue weighted by Crippen LogP contribution is 2.36. The first-order valence-electron chi connectivity index (χ1n) is 9.99. The molecule has 0 fully saturated rings. The van der Waals surface area contributed by atoms with Crippen molar-refractivity contribution in [2.45, 2.75) is 46.5 Å². The van der Waals surface area contributed by atoms with Crippen LogP contribution in [0.15, 0.2) is 30.3 Å². The van der Waals surface area contributed by atoms with Crippen molar-refractivity contribution >= 4 is 23.1 Å². The maximum Gasteiger partial charge on any atom is 0.342 e. The van der Waals surface area contributed by atoms with E-state index in [0.29, 0.717) is 33.5 Å². The third-order valence-corrected chi connectivity index (χ3v) is 5.61. The Morgan fingerprint density at radius 2 is 1.90 bits per heavy atom. The van der Waals surface area contributed by atoms with Crippen LogP contribution in [0.25, 0.3) is 16.8 Å². The molecular formula is C23H27ClN2O3. The zero-order chi connectivity index (χ0) is 21.1. The van der Waals surface area contributed by atoms with E-state index in [0.717, 1.165) is 24.1 Å². The molecule has 0 unspecified atom stereocenters. The molecule has 154 valence electrons. The summed E-state index contributed by atoms with van der Waals surface area (Å²) in [5.41, 5.74) is 4.54. The third kappa shape index (κ3) is 3.97. The second kappa shape index (κ2) is 8.87. The molecule has 3 aromatic rings. The van der Waals surface area contributed by atoms with Crippen LogP contribution in [-0.4, -0.2) is 29.3 Å². The molecule has 6 heteroatoms. The summed E-state index contributed by atoms with van der Waals surface area (Å²) >= 11 is 6.51. The lowest BCUT2D eigenvalue weighted by molar-refractivity contribution is 0.0529. The number of benzene rings is 1. The third-order valence-electron chi connectivity index (χ3n) is 5.30. The maximum atomic E-state index is 12.9. The Morgan fingerprint density at radius 1 is 1.17 bits per heavy atom. The van der Waals surface area contributed by atoms with Crippen LogP contribution in [0.1, 0.15) is 61.1 Å². The van der Waals surface area contributed by atoms with E-state index in [1.54, 1.807) is 24.6 Å². The Hall–Kier alpha value is -2.53. The van der Waals surface area contributed by atoms with Crippen molar-refractivity contribution < 1.29 is 14.3 Å². The molecule has 0 saturated carbocycles. The molecule has 0 spiro atoms. The van der Waals surface area contributed by atoms with Gasteiger partial charge >= 0.3 is 5.97 Å². The minimum atomic E-state index is -0.398. The lowest BCUT2D eigenvalue weighted by atomic mass is 9.93. The lowest BCUT2D eigenvalue weighted by Gasteiger charge is -2.14. The molecule has 0 saturated heterocycles. The number of pyridine rings is 1. The molecule has 3 rings (SSSR count). The lowest BCUT2D eigenvalue weighted by Crippen LogP contribution is -2.07. The summed E-state index contributed by atoms with van der Waals surface area (Å²) < 4.78 is 12.4. The molecule has 0 amide bonds. The molecule has 0 N–H and O–H groups in total. The van der Waals surface area contributed by atoms with Crippen molar-refractivity contribution in [3.05, 3.63) is 52.2 Å². The number of hydrogen-bond donors (Lipinski definition) is 0. The fourth-order valence-electron chi connectivity index (χ4n) is 3.74. The number of hydrogen-bond acceptors (Lipinski definition) is 4. The van der Waals surface area contributed by atoms with Crippen molar-refractivity contribution in [2.24, 2.45) is 0 Å². The molecule has 29 heavy (non-hydrogen) atoms. The van der Waals surface area contributed by atoms with Gasteiger partial charge in [-0.2, -0.15) is 5.10 Å². The van der Waals surface area contributed by atoms with Crippen LogP contribution in [0.5, 0.6) is 5.75 Å². The van der Waals surface area contributed by atoms with Gasteiger partial charge in [0.1, 0.15) is 17.0 Å². The number of aromatic nitrogens is 2. The van der Waals surface area contributed by atoms with Crippen molar-refractivity contribution in [3.8, 4) is 17.0 Å². The largest absolute Gasteiger partial charge is 0.497 e. The highest BCUT2D eigenvalue weighted by atomic mass is 35.5. The number of ether oxygens (including phenoxy) is 2. The fourth-order valence-corrected chi connectivity index (χ4v) is 4.00. The molecule has 5 nitrogen and oxygen atoms in total.